The molecule has 0 unspecified atom stereocenters. The third-order valence-electron chi connectivity index (χ3n) is 2.27. The van der Waals surface area contributed by atoms with Gasteiger partial charge in [0.15, 0.2) is 0 Å². The monoisotopic (exact) mass is 233 g/mol. The Bertz CT molecular complexity index is 448. The van der Waals surface area contributed by atoms with Gasteiger partial charge >= 0.3 is 0 Å². The molecule has 0 aliphatic rings. The maximum atomic E-state index is 4.56. The maximum absolute atomic E-state index is 4.56. The van der Waals surface area contributed by atoms with E-state index in [9.17, 15) is 0 Å². The highest BCUT2D eigenvalue weighted by atomic mass is 32.1. The van der Waals surface area contributed by atoms with Crippen LogP contribution < -0.4 is 5.32 Å². The number of aromatic nitrogens is 2. The Morgan fingerprint density at radius 1 is 1.38 bits per heavy atom. The van der Waals surface area contributed by atoms with Crippen LogP contribution in [0.5, 0.6) is 0 Å². The summed E-state index contributed by atoms with van der Waals surface area (Å²) in [5, 5.41) is 6.40. The van der Waals surface area contributed by atoms with Crippen molar-refractivity contribution in [2.45, 2.75) is 20.4 Å². The van der Waals surface area contributed by atoms with Crippen LogP contribution in [0.15, 0.2) is 23.7 Å². The molecule has 2 rings (SSSR count). The first-order valence-electron chi connectivity index (χ1n) is 5.37. The summed E-state index contributed by atoms with van der Waals surface area (Å²) in [6, 6.07) is 4.08. The van der Waals surface area contributed by atoms with Gasteiger partial charge in [0, 0.05) is 29.4 Å². The molecule has 0 aliphatic heterocycles. The molecule has 2 heterocycles. The highest BCUT2D eigenvalue weighted by Gasteiger charge is 2.04. The molecule has 0 atom stereocenters. The maximum Gasteiger partial charge on any atom is 0.125 e. The van der Waals surface area contributed by atoms with Crippen molar-refractivity contribution in [3.05, 3.63) is 35.1 Å². The summed E-state index contributed by atoms with van der Waals surface area (Å²) in [6.45, 7) is 5.89. The third kappa shape index (κ3) is 2.65. The smallest absolute Gasteiger partial charge is 0.125 e. The fourth-order valence-electron chi connectivity index (χ4n) is 1.37. The van der Waals surface area contributed by atoms with Crippen molar-refractivity contribution in [3.63, 3.8) is 0 Å². The van der Waals surface area contributed by atoms with Crippen LogP contribution in [0.1, 0.15) is 18.3 Å². The van der Waals surface area contributed by atoms with E-state index in [1.165, 1.54) is 0 Å². The molecule has 3 nitrogen and oxygen atoms in total. The molecule has 0 spiro atoms. The summed E-state index contributed by atoms with van der Waals surface area (Å²) in [5.41, 5.74) is 3.23. The van der Waals surface area contributed by atoms with Crippen molar-refractivity contribution in [3.8, 4) is 10.6 Å². The van der Waals surface area contributed by atoms with Gasteiger partial charge in [0.25, 0.3) is 0 Å². The normalized spacial score (nSPS) is 10.6. The van der Waals surface area contributed by atoms with Crippen LogP contribution in [0, 0.1) is 6.92 Å². The van der Waals surface area contributed by atoms with E-state index in [1.807, 2.05) is 19.2 Å². The molecule has 0 amide bonds. The lowest BCUT2D eigenvalue weighted by atomic mass is 10.3. The predicted molar refractivity (Wildman–Crippen MR) is 67.5 cm³/mol. The van der Waals surface area contributed by atoms with E-state index in [0.717, 1.165) is 35.0 Å². The molecular formula is C12H15N3S. The van der Waals surface area contributed by atoms with E-state index < -0.39 is 0 Å². The van der Waals surface area contributed by atoms with Gasteiger partial charge in [-0.2, -0.15) is 0 Å². The second-order valence-electron chi connectivity index (χ2n) is 3.61. The van der Waals surface area contributed by atoms with Crippen LogP contribution in [0.25, 0.3) is 10.6 Å². The summed E-state index contributed by atoms with van der Waals surface area (Å²) in [5.74, 6) is 0. The molecule has 84 valence electrons. The number of pyridine rings is 1. The van der Waals surface area contributed by atoms with Crippen LogP contribution in [0.2, 0.25) is 0 Å². The second kappa shape index (κ2) is 5.18. The first-order chi connectivity index (χ1) is 7.79. The molecule has 0 saturated heterocycles. The van der Waals surface area contributed by atoms with Crippen LogP contribution in [-0.2, 0) is 6.54 Å². The first-order valence-corrected chi connectivity index (χ1v) is 6.25. The number of hydrogen-bond acceptors (Lipinski definition) is 4. The Hall–Kier alpha value is -1.26. The highest BCUT2D eigenvalue weighted by Crippen LogP contribution is 2.22. The van der Waals surface area contributed by atoms with Gasteiger partial charge in [0.2, 0.25) is 0 Å². The zero-order valence-corrected chi connectivity index (χ0v) is 10.3. The fraction of sp³-hybridized carbons (Fsp3) is 0.333. The minimum Gasteiger partial charge on any atom is -0.311 e. The van der Waals surface area contributed by atoms with E-state index in [4.69, 9.17) is 0 Å². The predicted octanol–water partition coefficient (Wildman–Crippen LogP) is 2.62. The van der Waals surface area contributed by atoms with Crippen LogP contribution in [0.3, 0.4) is 0 Å². The van der Waals surface area contributed by atoms with Crippen molar-refractivity contribution < 1.29 is 0 Å². The lowest BCUT2D eigenvalue weighted by Crippen LogP contribution is -2.11. The van der Waals surface area contributed by atoms with E-state index in [0.29, 0.717) is 0 Å². The molecule has 16 heavy (non-hydrogen) atoms. The standard InChI is InChI=1S/C12H15N3S/c1-3-13-7-11-8-16-12(15-11)10-5-4-9(2)14-6-10/h4-6,8,13H,3,7H2,1-2H3. The number of thiazole rings is 1. The first kappa shape index (κ1) is 11.2. The number of aryl methyl sites for hydroxylation is 1. The minimum absolute atomic E-state index is 0.840. The van der Waals surface area contributed by atoms with Crippen molar-refractivity contribution >= 4 is 11.3 Å². The topological polar surface area (TPSA) is 37.8 Å². The molecule has 0 fully saturated rings. The number of rotatable bonds is 4. The zero-order chi connectivity index (χ0) is 11.4. The summed E-state index contributed by atoms with van der Waals surface area (Å²) in [4.78, 5) is 8.84. The van der Waals surface area contributed by atoms with E-state index in [-0.39, 0.29) is 0 Å². The summed E-state index contributed by atoms with van der Waals surface area (Å²) in [7, 11) is 0. The van der Waals surface area contributed by atoms with Crippen LogP contribution in [0.4, 0.5) is 0 Å². The minimum atomic E-state index is 0.840. The van der Waals surface area contributed by atoms with Gasteiger partial charge in [-0.3, -0.25) is 4.98 Å². The summed E-state index contributed by atoms with van der Waals surface area (Å²) >= 11 is 1.67. The molecule has 0 aromatic carbocycles. The lowest BCUT2D eigenvalue weighted by molar-refractivity contribution is 0.715. The van der Waals surface area contributed by atoms with Crippen LogP contribution in [-0.4, -0.2) is 16.5 Å². The Kier molecular flexibility index (Phi) is 3.64. The number of hydrogen-bond donors (Lipinski definition) is 1. The SMILES string of the molecule is CCNCc1csc(-c2ccc(C)nc2)n1. The van der Waals surface area contributed by atoms with Crippen molar-refractivity contribution in [2.75, 3.05) is 6.54 Å². The number of nitrogens with one attached hydrogen (secondary N) is 1. The Balaban J connectivity index is 2.15. The van der Waals surface area contributed by atoms with Gasteiger partial charge in [-0.05, 0) is 25.6 Å². The molecule has 0 radical (unpaired) electrons. The molecule has 1 N–H and O–H groups in total. The Labute approximate surface area is 99.6 Å². The summed E-state index contributed by atoms with van der Waals surface area (Å²) in [6.07, 6.45) is 1.88. The van der Waals surface area contributed by atoms with E-state index >= 15 is 0 Å². The van der Waals surface area contributed by atoms with Crippen molar-refractivity contribution in [2.24, 2.45) is 0 Å². The Morgan fingerprint density at radius 2 is 2.25 bits per heavy atom. The van der Waals surface area contributed by atoms with Crippen LogP contribution >= 0.6 is 11.3 Å². The average Bonchev–Trinajstić information content (AvgIpc) is 2.76. The zero-order valence-electron chi connectivity index (χ0n) is 9.53. The van der Waals surface area contributed by atoms with Crippen molar-refractivity contribution in [1.29, 1.82) is 0 Å². The lowest BCUT2D eigenvalue weighted by Gasteiger charge is -1.97. The quantitative estimate of drug-likeness (QED) is 0.882. The van der Waals surface area contributed by atoms with Gasteiger partial charge in [-0.15, -0.1) is 11.3 Å². The molecule has 4 heteroatoms. The largest absolute Gasteiger partial charge is 0.311 e. The average molecular weight is 233 g/mol. The molecule has 0 aliphatic carbocycles. The Morgan fingerprint density at radius 3 is 2.94 bits per heavy atom. The molecular weight excluding hydrogens is 218 g/mol. The fourth-order valence-corrected chi connectivity index (χ4v) is 2.18. The highest BCUT2D eigenvalue weighted by molar-refractivity contribution is 7.13. The van der Waals surface area contributed by atoms with Gasteiger partial charge in [0.1, 0.15) is 5.01 Å². The van der Waals surface area contributed by atoms with E-state index in [1.54, 1.807) is 11.3 Å². The van der Waals surface area contributed by atoms with Gasteiger partial charge in [0.05, 0.1) is 5.69 Å². The van der Waals surface area contributed by atoms with Crippen molar-refractivity contribution in [1.82, 2.24) is 15.3 Å². The molecule has 0 saturated carbocycles. The van der Waals surface area contributed by atoms with Gasteiger partial charge in [-0.25, -0.2) is 4.98 Å². The summed E-state index contributed by atoms with van der Waals surface area (Å²) < 4.78 is 0. The molecule has 2 aromatic heterocycles. The number of nitrogens with zero attached hydrogens (tertiary/aromatic N) is 2. The van der Waals surface area contributed by atoms with Gasteiger partial charge < -0.3 is 5.32 Å². The van der Waals surface area contributed by atoms with Gasteiger partial charge in [-0.1, -0.05) is 6.92 Å². The molecule has 2 aromatic rings. The molecule has 0 bridgehead atoms. The second-order valence-corrected chi connectivity index (χ2v) is 4.47. The third-order valence-corrected chi connectivity index (χ3v) is 3.21. The van der Waals surface area contributed by atoms with E-state index in [2.05, 4.69) is 33.7 Å².